The highest BCUT2D eigenvalue weighted by molar-refractivity contribution is 6.32. The van der Waals surface area contributed by atoms with E-state index in [2.05, 4.69) is 10.6 Å². The van der Waals surface area contributed by atoms with Crippen molar-refractivity contribution in [2.75, 3.05) is 17.2 Å². The van der Waals surface area contributed by atoms with E-state index in [-0.39, 0.29) is 12.5 Å². The number of hydrogen-bond acceptors (Lipinski definition) is 3. The van der Waals surface area contributed by atoms with Gasteiger partial charge in [0.1, 0.15) is 5.75 Å². The van der Waals surface area contributed by atoms with Crippen molar-refractivity contribution in [2.45, 2.75) is 27.3 Å². The van der Waals surface area contributed by atoms with Gasteiger partial charge in [-0.1, -0.05) is 47.5 Å². The topological polar surface area (TPSA) is 50.4 Å². The number of amides is 1. The van der Waals surface area contributed by atoms with E-state index in [9.17, 15) is 4.79 Å². The van der Waals surface area contributed by atoms with Gasteiger partial charge in [-0.3, -0.25) is 4.79 Å². The first-order valence-electron chi connectivity index (χ1n) is 9.60. The maximum atomic E-state index is 12.2. The van der Waals surface area contributed by atoms with E-state index in [1.165, 1.54) is 0 Å². The summed E-state index contributed by atoms with van der Waals surface area (Å²) in [5.41, 5.74) is 5.94. The normalized spacial score (nSPS) is 10.6. The molecule has 4 nitrogen and oxygen atoms in total. The monoisotopic (exact) mass is 442 g/mol. The van der Waals surface area contributed by atoms with Crippen LogP contribution in [0.1, 0.15) is 22.3 Å². The fourth-order valence-electron chi connectivity index (χ4n) is 2.95. The first-order chi connectivity index (χ1) is 14.3. The molecule has 0 atom stereocenters. The van der Waals surface area contributed by atoms with Crippen LogP contribution in [0.3, 0.4) is 0 Å². The molecule has 2 N–H and O–H groups in total. The van der Waals surface area contributed by atoms with Gasteiger partial charge in [0.25, 0.3) is 5.91 Å². The molecule has 0 aliphatic heterocycles. The summed E-state index contributed by atoms with van der Waals surface area (Å²) < 4.78 is 5.61. The van der Waals surface area contributed by atoms with E-state index in [0.717, 1.165) is 33.6 Å². The Hall–Kier alpha value is -2.69. The molecule has 0 aromatic heterocycles. The van der Waals surface area contributed by atoms with Crippen molar-refractivity contribution in [3.8, 4) is 5.75 Å². The van der Waals surface area contributed by atoms with Gasteiger partial charge in [-0.05, 0) is 73.4 Å². The van der Waals surface area contributed by atoms with Crippen LogP contribution in [-0.4, -0.2) is 12.5 Å². The second-order valence-electron chi connectivity index (χ2n) is 7.23. The Morgan fingerprint density at radius 1 is 0.900 bits per heavy atom. The molecule has 1 amide bonds. The van der Waals surface area contributed by atoms with Crippen molar-refractivity contribution < 1.29 is 9.53 Å². The number of rotatable bonds is 7. The summed E-state index contributed by atoms with van der Waals surface area (Å²) in [5, 5.41) is 7.37. The third-order valence-corrected chi connectivity index (χ3v) is 5.24. The summed E-state index contributed by atoms with van der Waals surface area (Å²) in [4.78, 5) is 12.2. The number of aryl methyl sites for hydroxylation is 3. The summed E-state index contributed by atoms with van der Waals surface area (Å²) in [7, 11) is 0. The molecule has 3 rings (SSSR count). The van der Waals surface area contributed by atoms with Crippen molar-refractivity contribution in [1.82, 2.24) is 0 Å². The lowest BCUT2D eigenvalue weighted by Crippen LogP contribution is -2.20. The molecule has 6 heteroatoms. The first kappa shape index (κ1) is 22.0. The van der Waals surface area contributed by atoms with Crippen molar-refractivity contribution in [3.63, 3.8) is 0 Å². The number of carbonyl (C=O) groups is 1. The molecule has 0 bridgehead atoms. The molecule has 30 heavy (non-hydrogen) atoms. The number of halogens is 2. The van der Waals surface area contributed by atoms with Gasteiger partial charge in [-0.25, -0.2) is 0 Å². The molecule has 0 saturated heterocycles. The molecule has 0 radical (unpaired) electrons. The standard InChI is InChI=1S/C24H24Cl2N2O2/c1-15-4-5-17(3)22(10-15)28-24(29)14-30-23-9-7-18(11-20(23)26)13-27-21-12-19(25)8-6-16(21)2/h4-12,27H,13-14H2,1-3H3,(H,28,29). The van der Waals surface area contributed by atoms with Gasteiger partial charge in [-0.15, -0.1) is 0 Å². The molecular formula is C24H24Cl2N2O2. The average molecular weight is 443 g/mol. The Morgan fingerprint density at radius 3 is 2.40 bits per heavy atom. The lowest BCUT2D eigenvalue weighted by Gasteiger charge is -2.13. The van der Waals surface area contributed by atoms with E-state index < -0.39 is 0 Å². The molecule has 3 aromatic carbocycles. The Morgan fingerprint density at radius 2 is 1.63 bits per heavy atom. The molecule has 3 aromatic rings. The largest absolute Gasteiger partial charge is 0.482 e. The predicted molar refractivity (Wildman–Crippen MR) is 125 cm³/mol. The van der Waals surface area contributed by atoms with Gasteiger partial charge in [0.15, 0.2) is 6.61 Å². The van der Waals surface area contributed by atoms with Crippen molar-refractivity contribution in [3.05, 3.63) is 86.9 Å². The molecule has 0 saturated carbocycles. The fourth-order valence-corrected chi connectivity index (χ4v) is 3.38. The lowest BCUT2D eigenvalue weighted by atomic mass is 10.1. The SMILES string of the molecule is Cc1ccc(C)c(NC(=O)COc2ccc(CNc3cc(Cl)ccc3C)cc2Cl)c1. The van der Waals surface area contributed by atoms with Crippen LogP contribution in [0.4, 0.5) is 11.4 Å². The van der Waals surface area contributed by atoms with Crippen molar-refractivity contribution in [1.29, 1.82) is 0 Å². The zero-order valence-electron chi connectivity index (χ0n) is 17.2. The average Bonchev–Trinajstić information content (AvgIpc) is 2.70. The van der Waals surface area contributed by atoms with Crippen LogP contribution < -0.4 is 15.4 Å². The van der Waals surface area contributed by atoms with Crippen LogP contribution in [0.25, 0.3) is 0 Å². The van der Waals surface area contributed by atoms with Gasteiger partial charge in [0, 0.05) is 22.9 Å². The van der Waals surface area contributed by atoms with E-state index in [0.29, 0.717) is 22.3 Å². The van der Waals surface area contributed by atoms with Gasteiger partial charge >= 0.3 is 0 Å². The van der Waals surface area contributed by atoms with Gasteiger partial charge in [-0.2, -0.15) is 0 Å². The predicted octanol–water partition coefficient (Wildman–Crippen LogP) is 6.55. The molecule has 0 unspecified atom stereocenters. The minimum absolute atomic E-state index is 0.119. The van der Waals surface area contributed by atoms with Gasteiger partial charge < -0.3 is 15.4 Å². The highest BCUT2D eigenvalue weighted by atomic mass is 35.5. The smallest absolute Gasteiger partial charge is 0.262 e. The van der Waals surface area contributed by atoms with Crippen LogP contribution in [0.5, 0.6) is 5.75 Å². The Balaban J connectivity index is 1.56. The van der Waals surface area contributed by atoms with Crippen LogP contribution >= 0.6 is 23.2 Å². The summed E-state index contributed by atoms with van der Waals surface area (Å²) in [6.07, 6.45) is 0. The molecule has 0 fully saturated rings. The quantitative estimate of drug-likeness (QED) is 0.436. The number of hydrogen-bond donors (Lipinski definition) is 2. The molecule has 0 aliphatic carbocycles. The number of carbonyl (C=O) groups excluding carboxylic acids is 1. The third kappa shape index (κ3) is 5.91. The molecule has 0 aliphatic rings. The highest BCUT2D eigenvalue weighted by Gasteiger charge is 2.09. The number of ether oxygens (including phenoxy) is 1. The van der Waals surface area contributed by atoms with E-state index in [4.69, 9.17) is 27.9 Å². The lowest BCUT2D eigenvalue weighted by molar-refractivity contribution is -0.118. The van der Waals surface area contributed by atoms with E-state index in [1.807, 2.05) is 69.3 Å². The molecule has 0 heterocycles. The van der Waals surface area contributed by atoms with Crippen LogP contribution in [-0.2, 0) is 11.3 Å². The number of nitrogens with one attached hydrogen (secondary N) is 2. The second kappa shape index (κ2) is 9.88. The fraction of sp³-hybridized carbons (Fsp3) is 0.208. The molecular weight excluding hydrogens is 419 g/mol. The zero-order valence-corrected chi connectivity index (χ0v) is 18.7. The van der Waals surface area contributed by atoms with Crippen LogP contribution in [0, 0.1) is 20.8 Å². The van der Waals surface area contributed by atoms with Crippen LogP contribution in [0.15, 0.2) is 54.6 Å². The maximum Gasteiger partial charge on any atom is 0.262 e. The van der Waals surface area contributed by atoms with E-state index >= 15 is 0 Å². The highest BCUT2D eigenvalue weighted by Crippen LogP contribution is 2.27. The van der Waals surface area contributed by atoms with E-state index in [1.54, 1.807) is 6.07 Å². The summed E-state index contributed by atoms with van der Waals surface area (Å²) in [5.74, 6) is 0.234. The molecule has 0 spiro atoms. The summed E-state index contributed by atoms with van der Waals surface area (Å²) in [6, 6.07) is 17.2. The summed E-state index contributed by atoms with van der Waals surface area (Å²) >= 11 is 12.4. The Bertz CT molecular complexity index is 1070. The van der Waals surface area contributed by atoms with Crippen molar-refractivity contribution in [2.24, 2.45) is 0 Å². The number of benzene rings is 3. The minimum Gasteiger partial charge on any atom is -0.482 e. The van der Waals surface area contributed by atoms with Crippen LogP contribution in [0.2, 0.25) is 10.0 Å². The maximum absolute atomic E-state index is 12.2. The minimum atomic E-state index is -0.234. The molecule has 156 valence electrons. The zero-order chi connectivity index (χ0) is 21.7. The summed E-state index contributed by atoms with van der Waals surface area (Å²) in [6.45, 7) is 6.42. The number of anilines is 2. The van der Waals surface area contributed by atoms with Gasteiger partial charge in [0.2, 0.25) is 0 Å². The second-order valence-corrected chi connectivity index (χ2v) is 8.08. The van der Waals surface area contributed by atoms with Crippen molar-refractivity contribution >= 4 is 40.5 Å². The Kier molecular flexibility index (Phi) is 7.24. The first-order valence-corrected chi connectivity index (χ1v) is 10.4. The Labute approximate surface area is 187 Å². The third-order valence-electron chi connectivity index (χ3n) is 4.70. The van der Waals surface area contributed by atoms with Gasteiger partial charge in [0.05, 0.1) is 5.02 Å².